The van der Waals surface area contributed by atoms with Gasteiger partial charge in [0.15, 0.2) is 0 Å². The molecule has 0 aromatic heterocycles. The maximum atomic E-state index is 12.9. The normalized spacial score (nSPS) is 18.9. The molecular formula is C21H27N3O2S. The highest BCUT2D eigenvalue weighted by Crippen LogP contribution is 2.26. The van der Waals surface area contributed by atoms with Crippen LogP contribution < -0.4 is 9.80 Å². The Labute approximate surface area is 162 Å². The molecule has 0 amide bonds. The Morgan fingerprint density at radius 2 is 1.22 bits per heavy atom. The fraction of sp³-hybridized carbons (Fsp3) is 0.429. The topological polar surface area (TPSA) is 43.9 Å². The van der Waals surface area contributed by atoms with Crippen LogP contribution in [0.15, 0.2) is 53.4 Å². The summed E-state index contributed by atoms with van der Waals surface area (Å²) >= 11 is 0. The molecule has 0 spiro atoms. The van der Waals surface area contributed by atoms with Crippen LogP contribution in [-0.4, -0.2) is 52.0 Å². The molecule has 4 rings (SSSR count). The van der Waals surface area contributed by atoms with Crippen molar-refractivity contribution < 1.29 is 8.42 Å². The molecule has 2 aliphatic heterocycles. The van der Waals surface area contributed by atoms with E-state index in [0.29, 0.717) is 31.1 Å². The van der Waals surface area contributed by atoms with Gasteiger partial charge in [-0.1, -0.05) is 18.2 Å². The molecule has 2 aliphatic rings. The number of piperazine rings is 1. The quantitative estimate of drug-likeness (QED) is 0.811. The predicted octanol–water partition coefficient (Wildman–Crippen LogP) is 3.11. The van der Waals surface area contributed by atoms with Crippen molar-refractivity contribution in [2.45, 2.75) is 24.7 Å². The van der Waals surface area contributed by atoms with Crippen molar-refractivity contribution in [3.8, 4) is 0 Å². The second kappa shape index (κ2) is 7.52. The summed E-state index contributed by atoms with van der Waals surface area (Å²) in [5.74, 6) is 0. The summed E-state index contributed by atoms with van der Waals surface area (Å²) < 4.78 is 27.5. The first-order valence-electron chi connectivity index (χ1n) is 9.71. The molecule has 2 aromatic carbocycles. The molecule has 2 fully saturated rings. The zero-order valence-corrected chi connectivity index (χ0v) is 16.7. The van der Waals surface area contributed by atoms with Crippen LogP contribution in [0.1, 0.15) is 18.4 Å². The fourth-order valence-electron chi connectivity index (χ4n) is 4.02. The second-order valence-electron chi connectivity index (χ2n) is 7.37. The van der Waals surface area contributed by atoms with E-state index in [0.717, 1.165) is 18.7 Å². The lowest BCUT2D eigenvalue weighted by atomic mass is 10.2. The van der Waals surface area contributed by atoms with Gasteiger partial charge in [0.05, 0.1) is 4.90 Å². The maximum absolute atomic E-state index is 12.9. The monoisotopic (exact) mass is 385 g/mol. The molecule has 0 aliphatic carbocycles. The Morgan fingerprint density at radius 3 is 1.78 bits per heavy atom. The lowest BCUT2D eigenvalue weighted by molar-refractivity contribution is 0.384. The molecule has 0 unspecified atom stereocenters. The zero-order valence-electron chi connectivity index (χ0n) is 15.8. The van der Waals surface area contributed by atoms with E-state index in [1.54, 1.807) is 16.4 Å². The van der Waals surface area contributed by atoms with Gasteiger partial charge in [-0.05, 0) is 55.7 Å². The molecular weight excluding hydrogens is 358 g/mol. The van der Waals surface area contributed by atoms with E-state index in [1.807, 2.05) is 19.1 Å². The highest BCUT2D eigenvalue weighted by Gasteiger charge is 2.29. The number of sulfonamides is 1. The molecule has 27 heavy (non-hydrogen) atoms. The van der Waals surface area contributed by atoms with Gasteiger partial charge in [-0.3, -0.25) is 0 Å². The van der Waals surface area contributed by atoms with Gasteiger partial charge in [-0.25, -0.2) is 8.42 Å². The molecule has 0 radical (unpaired) electrons. The molecule has 2 aromatic rings. The molecule has 0 N–H and O–H groups in total. The minimum absolute atomic E-state index is 0.424. The predicted molar refractivity (Wildman–Crippen MR) is 110 cm³/mol. The van der Waals surface area contributed by atoms with Gasteiger partial charge in [0.25, 0.3) is 0 Å². The summed E-state index contributed by atoms with van der Waals surface area (Å²) in [6.45, 7) is 6.62. The van der Waals surface area contributed by atoms with E-state index in [-0.39, 0.29) is 0 Å². The lowest BCUT2D eigenvalue weighted by Gasteiger charge is -2.35. The third-order valence-corrected chi connectivity index (χ3v) is 7.69. The van der Waals surface area contributed by atoms with Crippen LogP contribution >= 0.6 is 0 Å². The minimum Gasteiger partial charge on any atom is -0.372 e. The summed E-state index contributed by atoms with van der Waals surface area (Å²) in [6.07, 6.45) is 2.55. The minimum atomic E-state index is -3.42. The standard InChI is InChI=1S/C21H27N3O2S/c1-18-6-2-3-7-21(18)27(25,26)24-16-14-23(15-17-24)20-10-8-19(9-11-20)22-12-4-5-13-22/h2-3,6-11H,4-5,12-17H2,1H3. The lowest BCUT2D eigenvalue weighted by Crippen LogP contribution is -2.48. The molecule has 144 valence electrons. The van der Waals surface area contributed by atoms with E-state index in [2.05, 4.69) is 34.1 Å². The molecule has 6 heteroatoms. The maximum Gasteiger partial charge on any atom is 0.243 e. The fourth-order valence-corrected chi connectivity index (χ4v) is 5.67. The van der Waals surface area contributed by atoms with Gasteiger partial charge >= 0.3 is 0 Å². The van der Waals surface area contributed by atoms with Crippen molar-refractivity contribution in [2.75, 3.05) is 49.1 Å². The van der Waals surface area contributed by atoms with Crippen LogP contribution in [0.3, 0.4) is 0 Å². The Hall–Kier alpha value is -2.05. The summed E-state index contributed by atoms with van der Waals surface area (Å²) in [5.41, 5.74) is 3.26. The van der Waals surface area contributed by atoms with Crippen LogP contribution in [0, 0.1) is 6.92 Å². The molecule has 0 bridgehead atoms. The van der Waals surface area contributed by atoms with Crippen molar-refractivity contribution in [1.82, 2.24) is 4.31 Å². The number of hydrogen-bond acceptors (Lipinski definition) is 4. The molecule has 2 heterocycles. The highest BCUT2D eigenvalue weighted by molar-refractivity contribution is 7.89. The zero-order chi connectivity index (χ0) is 18.9. The van der Waals surface area contributed by atoms with Crippen LogP contribution in [-0.2, 0) is 10.0 Å². The first-order chi connectivity index (χ1) is 13.1. The van der Waals surface area contributed by atoms with Gasteiger partial charge in [-0.15, -0.1) is 0 Å². The van der Waals surface area contributed by atoms with Gasteiger partial charge in [-0.2, -0.15) is 4.31 Å². The van der Waals surface area contributed by atoms with Gasteiger partial charge < -0.3 is 9.80 Å². The summed E-state index contributed by atoms with van der Waals surface area (Å²) in [7, 11) is -3.42. The van der Waals surface area contributed by atoms with E-state index in [4.69, 9.17) is 0 Å². The third kappa shape index (κ3) is 3.69. The summed E-state index contributed by atoms with van der Waals surface area (Å²) in [5, 5.41) is 0. The number of nitrogens with zero attached hydrogens (tertiary/aromatic N) is 3. The van der Waals surface area contributed by atoms with Crippen molar-refractivity contribution in [3.05, 3.63) is 54.1 Å². The van der Waals surface area contributed by atoms with Gasteiger partial charge in [0, 0.05) is 50.6 Å². The summed E-state index contributed by atoms with van der Waals surface area (Å²) in [6, 6.07) is 15.9. The Morgan fingerprint density at radius 1 is 0.704 bits per heavy atom. The molecule has 0 saturated carbocycles. The number of hydrogen-bond donors (Lipinski definition) is 0. The molecule has 5 nitrogen and oxygen atoms in total. The Bertz CT molecular complexity index is 882. The van der Waals surface area contributed by atoms with Gasteiger partial charge in [0.2, 0.25) is 10.0 Å². The van der Waals surface area contributed by atoms with E-state index < -0.39 is 10.0 Å². The van der Waals surface area contributed by atoms with E-state index in [9.17, 15) is 8.42 Å². The smallest absolute Gasteiger partial charge is 0.243 e. The number of rotatable bonds is 4. The number of aryl methyl sites for hydroxylation is 1. The third-order valence-electron chi connectivity index (χ3n) is 5.64. The van der Waals surface area contributed by atoms with Crippen LogP contribution in [0.4, 0.5) is 11.4 Å². The van der Waals surface area contributed by atoms with E-state index in [1.165, 1.54) is 24.2 Å². The molecule has 0 atom stereocenters. The van der Waals surface area contributed by atoms with Crippen molar-refractivity contribution >= 4 is 21.4 Å². The van der Waals surface area contributed by atoms with Crippen molar-refractivity contribution in [3.63, 3.8) is 0 Å². The van der Waals surface area contributed by atoms with Gasteiger partial charge in [0.1, 0.15) is 0 Å². The van der Waals surface area contributed by atoms with E-state index >= 15 is 0 Å². The Kier molecular flexibility index (Phi) is 5.10. The average molecular weight is 386 g/mol. The second-order valence-corrected chi connectivity index (χ2v) is 9.27. The largest absolute Gasteiger partial charge is 0.372 e. The Balaban J connectivity index is 1.42. The van der Waals surface area contributed by atoms with Crippen LogP contribution in [0.5, 0.6) is 0 Å². The SMILES string of the molecule is Cc1ccccc1S(=O)(=O)N1CCN(c2ccc(N3CCCC3)cc2)CC1. The average Bonchev–Trinajstić information content (AvgIpc) is 3.23. The number of anilines is 2. The van der Waals surface area contributed by atoms with Crippen molar-refractivity contribution in [2.24, 2.45) is 0 Å². The van der Waals surface area contributed by atoms with Crippen molar-refractivity contribution in [1.29, 1.82) is 0 Å². The highest BCUT2D eigenvalue weighted by atomic mass is 32.2. The first-order valence-corrected chi connectivity index (χ1v) is 11.2. The summed E-state index contributed by atoms with van der Waals surface area (Å²) in [4.78, 5) is 5.13. The molecule has 2 saturated heterocycles. The van der Waals surface area contributed by atoms with Crippen LogP contribution in [0.2, 0.25) is 0 Å². The first kappa shape index (κ1) is 18.3. The number of benzene rings is 2. The van der Waals surface area contributed by atoms with Crippen LogP contribution in [0.25, 0.3) is 0 Å².